The van der Waals surface area contributed by atoms with E-state index in [1.807, 2.05) is 4.90 Å². The van der Waals surface area contributed by atoms with Gasteiger partial charge < -0.3 is 10.2 Å². The predicted molar refractivity (Wildman–Crippen MR) is 95.5 cm³/mol. The van der Waals surface area contributed by atoms with E-state index in [0.717, 1.165) is 38.1 Å². The molecule has 0 saturated carbocycles. The predicted octanol–water partition coefficient (Wildman–Crippen LogP) is 4.80. The molecular formula is C15H16ClF3N2OS2. The van der Waals surface area contributed by atoms with Gasteiger partial charge in [0, 0.05) is 18.1 Å². The van der Waals surface area contributed by atoms with Crippen LogP contribution in [-0.4, -0.2) is 33.5 Å². The summed E-state index contributed by atoms with van der Waals surface area (Å²) in [5, 5.41) is 1.68. The molecule has 0 bridgehead atoms. The van der Waals surface area contributed by atoms with Crippen molar-refractivity contribution in [2.24, 2.45) is 0 Å². The molecule has 1 aliphatic heterocycles. The van der Waals surface area contributed by atoms with Crippen LogP contribution in [0.5, 0.6) is 0 Å². The van der Waals surface area contributed by atoms with Crippen LogP contribution in [0.25, 0.3) is 0 Å². The van der Waals surface area contributed by atoms with Gasteiger partial charge in [-0.15, -0.1) is 0 Å². The molecule has 1 heterocycles. The van der Waals surface area contributed by atoms with Crippen LogP contribution < -0.4 is 5.32 Å². The third-order valence-corrected chi connectivity index (χ3v) is 5.37. The lowest BCUT2D eigenvalue weighted by molar-refractivity contribution is -0.137. The summed E-state index contributed by atoms with van der Waals surface area (Å²) >= 11 is 12.1. The minimum Gasteiger partial charge on any atom is -0.358 e. The van der Waals surface area contributed by atoms with Crippen molar-refractivity contribution in [3.8, 4) is 0 Å². The van der Waals surface area contributed by atoms with Crippen molar-refractivity contribution in [3.63, 3.8) is 0 Å². The van der Waals surface area contributed by atoms with E-state index in [2.05, 4.69) is 5.32 Å². The topological polar surface area (TPSA) is 32.3 Å². The molecule has 1 N–H and O–H groups in total. The highest BCUT2D eigenvalue weighted by Crippen LogP contribution is 2.36. The lowest BCUT2D eigenvalue weighted by Crippen LogP contribution is -2.30. The number of alkyl halides is 3. The zero-order valence-electron chi connectivity index (χ0n) is 12.8. The Hall–Kier alpha value is -0.990. The first-order chi connectivity index (χ1) is 11.2. The number of thioether (sulfide) groups is 1. The smallest absolute Gasteiger partial charge is 0.358 e. The van der Waals surface area contributed by atoms with Crippen LogP contribution in [-0.2, 0) is 11.0 Å². The van der Waals surface area contributed by atoms with E-state index in [-0.39, 0.29) is 10.7 Å². The number of rotatable bonds is 3. The van der Waals surface area contributed by atoms with E-state index in [9.17, 15) is 18.0 Å². The van der Waals surface area contributed by atoms with Gasteiger partial charge in [0.05, 0.1) is 16.5 Å². The van der Waals surface area contributed by atoms with E-state index in [0.29, 0.717) is 4.32 Å². The fourth-order valence-corrected chi connectivity index (χ4v) is 3.86. The second kappa shape index (κ2) is 7.93. The molecule has 1 aromatic rings. The number of amides is 1. The lowest BCUT2D eigenvalue weighted by Gasteiger charge is -2.21. The molecule has 1 fully saturated rings. The molecule has 0 spiro atoms. The van der Waals surface area contributed by atoms with E-state index in [4.69, 9.17) is 23.8 Å². The third-order valence-electron chi connectivity index (χ3n) is 3.56. The maximum Gasteiger partial charge on any atom is 0.418 e. The normalized spacial score (nSPS) is 16.1. The summed E-state index contributed by atoms with van der Waals surface area (Å²) in [4.78, 5) is 14.2. The van der Waals surface area contributed by atoms with Gasteiger partial charge in [-0.1, -0.05) is 35.6 Å². The quantitative estimate of drug-likeness (QED) is 0.744. The van der Waals surface area contributed by atoms with Crippen LogP contribution in [0.15, 0.2) is 18.2 Å². The SMILES string of the molecule is CC(SC(=S)N1CCCC1)C(=O)Nc1ccc(Cl)cc1C(F)(F)F. The van der Waals surface area contributed by atoms with E-state index >= 15 is 0 Å². The maximum absolute atomic E-state index is 13.1. The molecule has 9 heteroatoms. The van der Waals surface area contributed by atoms with Crippen molar-refractivity contribution >= 4 is 51.5 Å². The average molecular weight is 397 g/mol. The van der Waals surface area contributed by atoms with Gasteiger partial charge >= 0.3 is 6.18 Å². The summed E-state index contributed by atoms with van der Waals surface area (Å²) in [6, 6.07) is 3.25. The van der Waals surface area contributed by atoms with Gasteiger partial charge in [0.1, 0.15) is 4.32 Å². The molecule has 3 nitrogen and oxygen atoms in total. The fourth-order valence-electron chi connectivity index (χ4n) is 2.27. The van der Waals surface area contributed by atoms with Gasteiger partial charge in [0.2, 0.25) is 5.91 Å². The molecule has 2 rings (SSSR count). The molecule has 132 valence electrons. The molecule has 1 unspecified atom stereocenters. The summed E-state index contributed by atoms with van der Waals surface area (Å²) in [6.45, 7) is 3.33. The number of carbonyl (C=O) groups is 1. The highest BCUT2D eigenvalue weighted by molar-refractivity contribution is 8.23. The first kappa shape index (κ1) is 19.3. The van der Waals surface area contributed by atoms with Crippen LogP contribution in [0.4, 0.5) is 18.9 Å². The summed E-state index contributed by atoms with van der Waals surface area (Å²) in [5.74, 6) is -0.533. The van der Waals surface area contributed by atoms with Gasteiger partial charge in [0.15, 0.2) is 0 Å². The Morgan fingerprint density at radius 1 is 1.38 bits per heavy atom. The highest BCUT2D eigenvalue weighted by atomic mass is 35.5. The van der Waals surface area contributed by atoms with Crippen molar-refractivity contribution in [2.75, 3.05) is 18.4 Å². The van der Waals surface area contributed by atoms with Crippen molar-refractivity contribution in [1.82, 2.24) is 4.90 Å². The third kappa shape index (κ3) is 5.00. The van der Waals surface area contributed by atoms with E-state index in [1.165, 1.54) is 17.8 Å². The number of nitrogens with zero attached hydrogens (tertiary/aromatic N) is 1. The van der Waals surface area contributed by atoms with E-state index < -0.39 is 22.9 Å². The largest absolute Gasteiger partial charge is 0.418 e. The average Bonchev–Trinajstić information content (AvgIpc) is 3.02. The molecule has 0 aliphatic carbocycles. The van der Waals surface area contributed by atoms with Crippen LogP contribution in [0.1, 0.15) is 25.3 Å². The second-order valence-electron chi connectivity index (χ2n) is 5.40. The monoisotopic (exact) mass is 396 g/mol. The molecule has 0 aromatic heterocycles. The Kier molecular flexibility index (Phi) is 6.39. The molecule has 1 atom stereocenters. The van der Waals surface area contributed by atoms with Gasteiger partial charge in [-0.3, -0.25) is 4.79 Å². The maximum atomic E-state index is 13.1. The number of halogens is 4. The van der Waals surface area contributed by atoms with Crippen molar-refractivity contribution in [1.29, 1.82) is 0 Å². The first-order valence-corrected chi connectivity index (χ1v) is 8.98. The fraction of sp³-hybridized carbons (Fsp3) is 0.467. The number of nitrogens with one attached hydrogen (secondary N) is 1. The number of carbonyl (C=O) groups excluding carboxylic acids is 1. The van der Waals surface area contributed by atoms with Crippen LogP contribution in [0.2, 0.25) is 5.02 Å². The number of likely N-dealkylation sites (tertiary alicyclic amines) is 1. The Bertz CT molecular complexity index is 634. The molecular weight excluding hydrogens is 381 g/mol. The number of hydrogen-bond donors (Lipinski definition) is 1. The zero-order valence-corrected chi connectivity index (χ0v) is 15.2. The Morgan fingerprint density at radius 3 is 2.58 bits per heavy atom. The first-order valence-electron chi connectivity index (χ1n) is 7.31. The highest BCUT2D eigenvalue weighted by Gasteiger charge is 2.34. The molecule has 0 radical (unpaired) electrons. The van der Waals surface area contributed by atoms with Crippen LogP contribution in [0.3, 0.4) is 0 Å². The summed E-state index contributed by atoms with van der Waals surface area (Å²) in [7, 11) is 0. The van der Waals surface area contributed by atoms with Gasteiger partial charge in [-0.05, 0) is 38.0 Å². The van der Waals surface area contributed by atoms with Gasteiger partial charge in [0.25, 0.3) is 0 Å². The van der Waals surface area contributed by atoms with Gasteiger partial charge in [-0.2, -0.15) is 13.2 Å². The van der Waals surface area contributed by atoms with E-state index in [1.54, 1.807) is 6.92 Å². The van der Waals surface area contributed by atoms with Crippen LogP contribution in [0, 0.1) is 0 Å². The number of thiocarbonyl (C=S) groups is 1. The lowest BCUT2D eigenvalue weighted by atomic mass is 10.1. The van der Waals surface area contributed by atoms with Crippen molar-refractivity contribution in [3.05, 3.63) is 28.8 Å². The molecule has 1 amide bonds. The summed E-state index contributed by atoms with van der Waals surface area (Å²) in [5.41, 5.74) is -1.28. The standard InChI is InChI=1S/C15H16ClF3N2OS2/c1-9(24-14(23)21-6-2-3-7-21)13(22)20-12-5-4-10(16)8-11(12)15(17,18)19/h4-5,8-9H,2-3,6-7H2,1H3,(H,20,22). The zero-order chi connectivity index (χ0) is 17.9. The molecule has 1 aliphatic rings. The summed E-state index contributed by atoms with van der Waals surface area (Å²) < 4.78 is 39.8. The minimum atomic E-state index is -4.60. The van der Waals surface area contributed by atoms with Crippen LogP contribution >= 0.6 is 35.6 Å². The summed E-state index contributed by atoms with van der Waals surface area (Å²) in [6.07, 6.45) is -2.49. The Labute approximate surface area is 152 Å². The number of hydrogen-bond acceptors (Lipinski definition) is 3. The number of benzene rings is 1. The number of anilines is 1. The van der Waals surface area contributed by atoms with Crippen molar-refractivity contribution < 1.29 is 18.0 Å². The van der Waals surface area contributed by atoms with Crippen molar-refractivity contribution in [2.45, 2.75) is 31.2 Å². The second-order valence-corrected chi connectivity index (χ2v) is 7.81. The van der Waals surface area contributed by atoms with Gasteiger partial charge in [-0.25, -0.2) is 0 Å². The Balaban J connectivity index is 2.05. The molecule has 1 aromatic carbocycles. The Morgan fingerprint density at radius 2 is 2.00 bits per heavy atom. The molecule has 1 saturated heterocycles. The molecule has 24 heavy (non-hydrogen) atoms. The minimum absolute atomic E-state index is 0.0436.